The lowest BCUT2D eigenvalue weighted by Crippen LogP contribution is -2.41. The molecule has 2 aromatic carbocycles. The number of morpholine rings is 1. The second-order valence-electron chi connectivity index (χ2n) is 6.77. The van der Waals surface area contributed by atoms with Gasteiger partial charge in [-0.1, -0.05) is 0 Å². The Labute approximate surface area is 173 Å². The van der Waals surface area contributed by atoms with Gasteiger partial charge in [0.2, 0.25) is 0 Å². The maximum Gasteiger partial charge on any atom is 0.272 e. The lowest BCUT2D eigenvalue weighted by atomic mass is 10.1. The van der Waals surface area contributed by atoms with Crippen molar-refractivity contribution in [1.29, 1.82) is 0 Å². The van der Waals surface area contributed by atoms with E-state index < -0.39 is 0 Å². The van der Waals surface area contributed by atoms with Crippen molar-refractivity contribution in [3.8, 4) is 28.4 Å². The van der Waals surface area contributed by atoms with Crippen LogP contribution in [-0.2, 0) is 4.74 Å². The number of amides is 1. The first-order chi connectivity index (χ1) is 14.6. The molecule has 2 heterocycles. The zero-order chi connectivity index (χ0) is 21.1. The number of carbonyl (C=O) groups is 1. The number of carbonyl (C=O) groups excluding carboxylic acids is 1. The summed E-state index contributed by atoms with van der Waals surface area (Å²) in [5.41, 5.74) is 2.26. The van der Waals surface area contributed by atoms with Gasteiger partial charge in [-0.15, -0.1) is 0 Å². The van der Waals surface area contributed by atoms with Crippen molar-refractivity contribution >= 4 is 5.91 Å². The summed E-state index contributed by atoms with van der Waals surface area (Å²) in [6.07, 6.45) is 0. The van der Waals surface area contributed by atoms with Crippen LogP contribution in [0.25, 0.3) is 16.9 Å². The van der Waals surface area contributed by atoms with Gasteiger partial charge in [-0.2, -0.15) is 5.10 Å². The minimum Gasteiger partial charge on any atom is -0.497 e. The molecule has 1 fully saturated rings. The Morgan fingerprint density at radius 1 is 1.03 bits per heavy atom. The molecule has 7 nitrogen and oxygen atoms in total. The summed E-state index contributed by atoms with van der Waals surface area (Å²) in [5, 5.41) is 4.66. The van der Waals surface area contributed by atoms with E-state index in [1.54, 1.807) is 49.5 Å². The van der Waals surface area contributed by atoms with Gasteiger partial charge in [0.05, 0.1) is 38.8 Å². The van der Waals surface area contributed by atoms with Gasteiger partial charge in [0.1, 0.15) is 23.0 Å². The number of hydrogen-bond acceptors (Lipinski definition) is 5. The summed E-state index contributed by atoms with van der Waals surface area (Å²) in [7, 11) is 3.14. The molecule has 0 saturated carbocycles. The van der Waals surface area contributed by atoms with E-state index in [9.17, 15) is 9.18 Å². The third-order valence-electron chi connectivity index (χ3n) is 4.98. The first kappa shape index (κ1) is 19.9. The molecular weight excluding hydrogens is 389 g/mol. The van der Waals surface area contributed by atoms with Crippen molar-refractivity contribution in [3.05, 3.63) is 60.0 Å². The second kappa shape index (κ2) is 8.54. The van der Waals surface area contributed by atoms with Crippen LogP contribution in [0, 0.1) is 5.82 Å². The van der Waals surface area contributed by atoms with Crippen molar-refractivity contribution in [1.82, 2.24) is 14.7 Å². The molecule has 0 aliphatic carbocycles. The summed E-state index contributed by atoms with van der Waals surface area (Å²) in [6.45, 7) is 2.01. The number of hydrogen-bond donors (Lipinski definition) is 0. The van der Waals surface area contributed by atoms with Crippen molar-refractivity contribution in [2.24, 2.45) is 0 Å². The molecule has 0 atom stereocenters. The van der Waals surface area contributed by atoms with Crippen LogP contribution in [0.5, 0.6) is 11.5 Å². The minimum atomic E-state index is -0.357. The molecule has 8 heteroatoms. The number of methoxy groups -OCH3 is 2. The molecule has 3 aromatic rings. The van der Waals surface area contributed by atoms with Crippen LogP contribution in [0.15, 0.2) is 48.5 Å². The Morgan fingerprint density at radius 3 is 2.43 bits per heavy atom. The van der Waals surface area contributed by atoms with Crippen LogP contribution in [0.1, 0.15) is 10.5 Å². The fourth-order valence-electron chi connectivity index (χ4n) is 3.38. The molecule has 0 N–H and O–H groups in total. The SMILES string of the molecule is COc1ccc(-c2cc(C(=O)N3CCOCC3)n(-c3ccc(F)cc3)n2)c(OC)c1. The Bertz CT molecular complexity index is 1040. The normalized spacial score (nSPS) is 13.9. The summed E-state index contributed by atoms with van der Waals surface area (Å²) < 4.78 is 31.1. The molecule has 156 valence electrons. The fourth-order valence-corrected chi connectivity index (χ4v) is 3.38. The maximum absolute atomic E-state index is 13.4. The zero-order valence-corrected chi connectivity index (χ0v) is 16.8. The number of aromatic nitrogens is 2. The van der Waals surface area contributed by atoms with Crippen LogP contribution in [0.4, 0.5) is 4.39 Å². The highest BCUT2D eigenvalue weighted by molar-refractivity contribution is 5.94. The van der Waals surface area contributed by atoms with Gasteiger partial charge in [-0.25, -0.2) is 9.07 Å². The molecule has 0 spiro atoms. The lowest BCUT2D eigenvalue weighted by Gasteiger charge is -2.26. The monoisotopic (exact) mass is 411 g/mol. The van der Waals surface area contributed by atoms with E-state index in [0.29, 0.717) is 54.9 Å². The van der Waals surface area contributed by atoms with Gasteiger partial charge >= 0.3 is 0 Å². The molecule has 1 aromatic heterocycles. The summed E-state index contributed by atoms with van der Waals surface area (Å²) in [5.74, 6) is 0.708. The molecule has 0 radical (unpaired) electrons. The third-order valence-corrected chi connectivity index (χ3v) is 4.98. The van der Waals surface area contributed by atoms with Gasteiger partial charge in [0.25, 0.3) is 5.91 Å². The van der Waals surface area contributed by atoms with Crippen LogP contribution in [-0.4, -0.2) is 61.1 Å². The van der Waals surface area contributed by atoms with E-state index in [1.165, 1.54) is 16.8 Å². The standard InChI is InChI=1S/C22H22FN3O4/c1-28-17-7-8-18(21(13-17)29-2)19-14-20(22(27)25-9-11-30-12-10-25)26(24-19)16-5-3-15(23)4-6-16/h3-8,13-14H,9-12H2,1-2H3. The Hall–Kier alpha value is -3.39. The van der Waals surface area contributed by atoms with E-state index in [2.05, 4.69) is 5.10 Å². The number of benzene rings is 2. The van der Waals surface area contributed by atoms with Crippen LogP contribution >= 0.6 is 0 Å². The van der Waals surface area contributed by atoms with Crippen LogP contribution in [0.3, 0.4) is 0 Å². The second-order valence-corrected chi connectivity index (χ2v) is 6.77. The van der Waals surface area contributed by atoms with Gasteiger partial charge in [0.15, 0.2) is 0 Å². The molecule has 1 aliphatic heterocycles. The van der Waals surface area contributed by atoms with E-state index in [1.807, 2.05) is 6.07 Å². The lowest BCUT2D eigenvalue weighted by molar-refractivity contribution is 0.0297. The van der Waals surface area contributed by atoms with E-state index in [-0.39, 0.29) is 11.7 Å². The highest BCUT2D eigenvalue weighted by Gasteiger charge is 2.25. The number of halogens is 1. The summed E-state index contributed by atoms with van der Waals surface area (Å²) >= 11 is 0. The molecule has 0 bridgehead atoms. The number of rotatable bonds is 5. The first-order valence-electron chi connectivity index (χ1n) is 9.56. The molecule has 0 unspecified atom stereocenters. The maximum atomic E-state index is 13.4. The average Bonchev–Trinajstić information content (AvgIpc) is 3.24. The largest absolute Gasteiger partial charge is 0.497 e. The number of nitrogens with zero attached hydrogens (tertiary/aromatic N) is 3. The average molecular weight is 411 g/mol. The van der Waals surface area contributed by atoms with Gasteiger partial charge in [0, 0.05) is 24.7 Å². The van der Waals surface area contributed by atoms with E-state index in [4.69, 9.17) is 14.2 Å². The molecular formula is C22H22FN3O4. The Balaban J connectivity index is 1.81. The Kier molecular flexibility index (Phi) is 5.67. The molecule has 30 heavy (non-hydrogen) atoms. The Morgan fingerprint density at radius 2 is 1.77 bits per heavy atom. The van der Waals surface area contributed by atoms with Gasteiger partial charge in [-0.05, 0) is 42.5 Å². The third kappa shape index (κ3) is 3.86. The van der Waals surface area contributed by atoms with E-state index >= 15 is 0 Å². The van der Waals surface area contributed by atoms with Crippen molar-refractivity contribution in [2.45, 2.75) is 0 Å². The molecule has 1 saturated heterocycles. The molecule has 1 amide bonds. The van der Waals surface area contributed by atoms with Crippen molar-refractivity contribution < 1.29 is 23.4 Å². The topological polar surface area (TPSA) is 65.8 Å². The van der Waals surface area contributed by atoms with Gasteiger partial charge in [-0.3, -0.25) is 4.79 Å². The van der Waals surface area contributed by atoms with Gasteiger partial charge < -0.3 is 19.1 Å². The fraction of sp³-hybridized carbons (Fsp3) is 0.273. The highest BCUT2D eigenvalue weighted by Crippen LogP contribution is 2.33. The highest BCUT2D eigenvalue weighted by atomic mass is 19.1. The van der Waals surface area contributed by atoms with Crippen molar-refractivity contribution in [3.63, 3.8) is 0 Å². The minimum absolute atomic E-state index is 0.158. The number of ether oxygens (including phenoxy) is 3. The quantitative estimate of drug-likeness (QED) is 0.645. The smallest absolute Gasteiger partial charge is 0.272 e. The first-order valence-corrected chi connectivity index (χ1v) is 9.56. The van der Waals surface area contributed by atoms with Crippen molar-refractivity contribution in [2.75, 3.05) is 40.5 Å². The summed E-state index contributed by atoms with van der Waals surface area (Å²) in [4.78, 5) is 15.0. The molecule has 1 aliphatic rings. The molecule has 4 rings (SSSR count). The summed E-state index contributed by atoms with van der Waals surface area (Å²) in [6, 6.07) is 13.0. The van der Waals surface area contributed by atoms with Crippen LogP contribution in [0.2, 0.25) is 0 Å². The predicted molar refractivity (Wildman–Crippen MR) is 109 cm³/mol. The zero-order valence-electron chi connectivity index (χ0n) is 16.8. The van der Waals surface area contributed by atoms with Crippen LogP contribution < -0.4 is 9.47 Å². The van der Waals surface area contributed by atoms with E-state index in [0.717, 1.165) is 5.56 Å². The predicted octanol–water partition coefficient (Wildman–Crippen LogP) is 3.17.